The molecule has 0 saturated carbocycles. The van der Waals surface area contributed by atoms with E-state index in [0.717, 1.165) is 6.07 Å². The molecule has 1 amide bonds. The van der Waals surface area contributed by atoms with E-state index in [-0.39, 0.29) is 16.9 Å². The summed E-state index contributed by atoms with van der Waals surface area (Å²) >= 11 is 6.00. The van der Waals surface area contributed by atoms with E-state index in [1.165, 1.54) is 19.2 Å². The van der Waals surface area contributed by atoms with Crippen molar-refractivity contribution in [3.63, 3.8) is 0 Å². The largest absolute Gasteiger partial charge is 0.495 e. The number of ether oxygens (including phenoxy) is 1. The van der Waals surface area contributed by atoms with E-state index in [1.807, 2.05) is 0 Å². The highest BCUT2D eigenvalue weighted by Gasteiger charge is 2.17. The number of primary amides is 1. The van der Waals surface area contributed by atoms with E-state index in [1.54, 1.807) is 18.2 Å². The first-order chi connectivity index (χ1) is 10.4. The molecule has 0 fully saturated rings. The summed E-state index contributed by atoms with van der Waals surface area (Å²) in [6.07, 6.45) is 0. The van der Waals surface area contributed by atoms with Crippen LogP contribution >= 0.6 is 11.6 Å². The Balaban J connectivity index is 2.38. The van der Waals surface area contributed by atoms with Crippen molar-refractivity contribution >= 4 is 34.6 Å². The number of halogens is 1. The zero-order valence-electron chi connectivity index (χ0n) is 11.5. The van der Waals surface area contributed by atoms with E-state index in [4.69, 9.17) is 22.1 Å². The Labute approximate surface area is 130 Å². The molecule has 3 N–H and O–H groups in total. The topological polar surface area (TPSA) is 107 Å². The molecule has 0 bridgehead atoms. The summed E-state index contributed by atoms with van der Waals surface area (Å²) in [6.45, 7) is 0. The fourth-order valence-electron chi connectivity index (χ4n) is 1.84. The van der Waals surface area contributed by atoms with Crippen LogP contribution in [-0.4, -0.2) is 17.9 Å². The summed E-state index contributed by atoms with van der Waals surface area (Å²) in [5, 5.41) is 14.4. The van der Waals surface area contributed by atoms with Crippen molar-refractivity contribution in [1.29, 1.82) is 0 Å². The third kappa shape index (κ3) is 3.26. The molecule has 2 rings (SSSR count). The minimum Gasteiger partial charge on any atom is -0.495 e. The lowest BCUT2D eigenvalue weighted by Gasteiger charge is -2.10. The summed E-state index contributed by atoms with van der Waals surface area (Å²) in [5.74, 6) is -0.243. The van der Waals surface area contributed by atoms with Crippen LogP contribution in [-0.2, 0) is 0 Å². The Morgan fingerprint density at radius 3 is 2.59 bits per heavy atom. The van der Waals surface area contributed by atoms with Gasteiger partial charge in [0.2, 0.25) is 5.91 Å². The smallest absolute Gasteiger partial charge is 0.293 e. The van der Waals surface area contributed by atoms with E-state index in [0.29, 0.717) is 16.5 Å². The number of amides is 1. The van der Waals surface area contributed by atoms with E-state index >= 15 is 0 Å². The number of nitro benzene ring substituents is 1. The van der Waals surface area contributed by atoms with Crippen molar-refractivity contribution in [1.82, 2.24) is 0 Å². The summed E-state index contributed by atoms with van der Waals surface area (Å²) in [4.78, 5) is 21.6. The number of nitrogens with zero attached hydrogens (tertiary/aromatic N) is 1. The third-order valence-corrected chi connectivity index (χ3v) is 3.21. The predicted octanol–water partition coefficient (Wildman–Crippen LogP) is 3.10. The van der Waals surface area contributed by atoms with Crippen LogP contribution < -0.4 is 15.8 Å². The van der Waals surface area contributed by atoms with Gasteiger partial charge in [0.15, 0.2) is 0 Å². The minimum absolute atomic E-state index is 0.0602. The Kier molecular flexibility index (Phi) is 4.47. The molecule has 22 heavy (non-hydrogen) atoms. The van der Waals surface area contributed by atoms with Crippen LogP contribution in [0.4, 0.5) is 17.1 Å². The monoisotopic (exact) mass is 321 g/mol. The summed E-state index contributed by atoms with van der Waals surface area (Å²) in [5.41, 5.74) is 5.68. The number of nitrogens with one attached hydrogen (secondary N) is 1. The van der Waals surface area contributed by atoms with Gasteiger partial charge in [-0.15, -0.1) is 0 Å². The Bertz CT molecular complexity index is 749. The van der Waals surface area contributed by atoms with E-state index in [2.05, 4.69) is 5.32 Å². The number of hydrogen-bond donors (Lipinski definition) is 2. The fraction of sp³-hybridized carbons (Fsp3) is 0.0714. The van der Waals surface area contributed by atoms with Gasteiger partial charge in [0.1, 0.15) is 11.4 Å². The molecule has 2 aromatic rings. The predicted molar refractivity (Wildman–Crippen MR) is 82.9 cm³/mol. The van der Waals surface area contributed by atoms with Gasteiger partial charge >= 0.3 is 0 Å². The summed E-state index contributed by atoms with van der Waals surface area (Å²) < 4.78 is 5.03. The first-order valence-corrected chi connectivity index (χ1v) is 6.49. The molecule has 0 aliphatic rings. The highest BCUT2D eigenvalue weighted by atomic mass is 35.5. The van der Waals surface area contributed by atoms with Gasteiger partial charge in [0.25, 0.3) is 5.69 Å². The molecule has 0 unspecified atom stereocenters. The fourth-order valence-corrected chi connectivity index (χ4v) is 2.10. The highest BCUT2D eigenvalue weighted by molar-refractivity contribution is 6.32. The number of benzene rings is 2. The van der Waals surface area contributed by atoms with Crippen LogP contribution in [0.3, 0.4) is 0 Å². The maximum atomic E-state index is 11.1. The van der Waals surface area contributed by atoms with Crippen LogP contribution in [0.15, 0.2) is 36.4 Å². The Morgan fingerprint density at radius 2 is 2.05 bits per heavy atom. The van der Waals surface area contributed by atoms with Gasteiger partial charge in [-0.1, -0.05) is 11.6 Å². The number of rotatable bonds is 5. The highest BCUT2D eigenvalue weighted by Crippen LogP contribution is 2.32. The normalized spacial score (nSPS) is 10.1. The number of nitrogens with two attached hydrogens (primary N) is 1. The average Bonchev–Trinajstić information content (AvgIpc) is 2.47. The summed E-state index contributed by atoms with van der Waals surface area (Å²) in [7, 11) is 1.49. The van der Waals surface area contributed by atoms with Crippen molar-refractivity contribution in [2.45, 2.75) is 0 Å². The van der Waals surface area contributed by atoms with Crippen molar-refractivity contribution in [3.8, 4) is 5.75 Å². The molecule has 0 spiro atoms. The lowest BCUT2D eigenvalue weighted by molar-refractivity contribution is -0.383. The van der Waals surface area contributed by atoms with Crippen LogP contribution in [0, 0.1) is 10.1 Å². The van der Waals surface area contributed by atoms with Crippen molar-refractivity contribution in [2.75, 3.05) is 12.4 Å². The molecule has 0 saturated heterocycles. The van der Waals surface area contributed by atoms with Gasteiger partial charge in [-0.25, -0.2) is 0 Å². The zero-order valence-corrected chi connectivity index (χ0v) is 12.3. The lowest BCUT2D eigenvalue weighted by atomic mass is 10.1. The molecule has 7 nitrogen and oxygen atoms in total. The molecular weight excluding hydrogens is 310 g/mol. The maximum absolute atomic E-state index is 11.1. The molecule has 0 aliphatic heterocycles. The molecule has 0 aromatic heterocycles. The first kappa shape index (κ1) is 15.6. The van der Waals surface area contributed by atoms with Crippen molar-refractivity contribution < 1.29 is 14.5 Å². The molecule has 0 aliphatic carbocycles. The number of nitro groups is 1. The SMILES string of the molecule is COc1ccc(Nc2ccc(C(N)=O)cc2[N+](=O)[O-])cc1Cl. The van der Waals surface area contributed by atoms with Crippen LogP contribution in [0.1, 0.15) is 10.4 Å². The zero-order chi connectivity index (χ0) is 16.3. The average molecular weight is 322 g/mol. The molecule has 0 atom stereocenters. The number of hydrogen-bond acceptors (Lipinski definition) is 5. The lowest BCUT2D eigenvalue weighted by Crippen LogP contribution is -2.11. The number of anilines is 2. The molecule has 0 heterocycles. The number of methoxy groups -OCH3 is 1. The van der Waals surface area contributed by atoms with Crippen LogP contribution in [0.2, 0.25) is 5.02 Å². The van der Waals surface area contributed by atoms with Gasteiger partial charge in [0.05, 0.1) is 17.1 Å². The number of carbonyl (C=O) groups is 1. The third-order valence-electron chi connectivity index (χ3n) is 2.91. The van der Waals surface area contributed by atoms with Gasteiger partial charge in [-0.2, -0.15) is 0 Å². The molecule has 0 radical (unpaired) electrons. The van der Waals surface area contributed by atoms with Gasteiger partial charge < -0.3 is 15.8 Å². The van der Waals surface area contributed by atoms with Crippen molar-refractivity contribution in [2.24, 2.45) is 5.73 Å². The molecule has 114 valence electrons. The quantitative estimate of drug-likeness (QED) is 0.650. The minimum atomic E-state index is -0.734. The summed E-state index contributed by atoms with van der Waals surface area (Å²) in [6, 6.07) is 8.81. The maximum Gasteiger partial charge on any atom is 0.293 e. The Morgan fingerprint density at radius 1 is 1.32 bits per heavy atom. The van der Waals surface area contributed by atoms with Crippen LogP contribution in [0.5, 0.6) is 5.75 Å². The van der Waals surface area contributed by atoms with Gasteiger partial charge in [0, 0.05) is 17.3 Å². The second kappa shape index (κ2) is 6.31. The van der Waals surface area contributed by atoms with E-state index < -0.39 is 10.8 Å². The Hall–Kier alpha value is -2.80. The molecule has 2 aromatic carbocycles. The molecular formula is C14H12ClN3O4. The van der Waals surface area contributed by atoms with E-state index in [9.17, 15) is 14.9 Å². The van der Waals surface area contributed by atoms with Crippen molar-refractivity contribution in [3.05, 3.63) is 57.1 Å². The van der Waals surface area contributed by atoms with Gasteiger partial charge in [-0.3, -0.25) is 14.9 Å². The second-order valence-electron chi connectivity index (χ2n) is 4.33. The van der Waals surface area contributed by atoms with Crippen LogP contribution in [0.25, 0.3) is 0 Å². The number of carbonyl (C=O) groups excluding carboxylic acids is 1. The standard InChI is InChI=1S/C14H12ClN3O4/c1-22-13-5-3-9(7-10(13)15)17-11-4-2-8(14(16)19)6-12(11)18(20)21/h2-7,17H,1H3,(H2,16,19). The second-order valence-corrected chi connectivity index (χ2v) is 4.73. The van der Waals surface area contributed by atoms with Gasteiger partial charge in [-0.05, 0) is 30.3 Å². The molecule has 8 heteroatoms. The first-order valence-electron chi connectivity index (χ1n) is 6.11.